The number of hydrogen-bond donors (Lipinski definition) is 6. The van der Waals surface area contributed by atoms with Gasteiger partial charge < -0.3 is 40.3 Å². The first-order chi connectivity index (χ1) is 40.3. The van der Waals surface area contributed by atoms with E-state index in [-0.39, 0.29) is 12.5 Å². The van der Waals surface area contributed by atoms with E-state index in [1.807, 2.05) is 0 Å². The molecule has 9 heteroatoms. The summed E-state index contributed by atoms with van der Waals surface area (Å²) >= 11 is 0. The van der Waals surface area contributed by atoms with Gasteiger partial charge in [-0.25, -0.2) is 0 Å². The summed E-state index contributed by atoms with van der Waals surface area (Å²) in [4.78, 5) is 13.1. The van der Waals surface area contributed by atoms with Gasteiger partial charge in [0.05, 0.1) is 25.4 Å². The predicted octanol–water partition coefficient (Wildman–Crippen LogP) is 18.9. The zero-order chi connectivity index (χ0) is 59.3. The molecule has 0 saturated carbocycles. The van der Waals surface area contributed by atoms with Gasteiger partial charge in [0.2, 0.25) is 5.91 Å². The van der Waals surface area contributed by atoms with E-state index in [9.17, 15) is 30.3 Å². The molecule has 1 amide bonds. The minimum atomic E-state index is -1.56. The van der Waals surface area contributed by atoms with E-state index in [2.05, 4.69) is 104 Å². The van der Waals surface area contributed by atoms with Gasteiger partial charge in [-0.3, -0.25) is 4.79 Å². The van der Waals surface area contributed by atoms with Crippen molar-refractivity contribution in [2.45, 2.75) is 358 Å². The number of rotatable bonds is 60. The minimum Gasteiger partial charge on any atom is -0.394 e. The monoisotopic (exact) mass is 1150 g/mol. The molecule has 1 fully saturated rings. The molecule has 1 aliphatic heterocycles. The number of allylic oxidation sites excluding steroid dienone is 14. The molecule has 0 aliphatic carbocycles. The van der Waals surface area contributed by atoms with E-state index in [1.165, 1.54) is 186 Å². The van der Waals surface area contributed by atoms with E-state index in [0.717, 1.165) is 103 Å². The standard InChI is InChI=1S/C73H131NO8/c1-3-5-7-9-11-13-15-17-19-21-23-25-27-29-31-32-33-34-35-37-38-40-42-44-46-48-50-52-54-56-58-60-62-67(76)66(65-81-73-72(80)71(79)70(78)68(64-75)82-73)74-69(77)63-61-59-57-55-53-51-49-47-45-43-41-39-36-30-28-26-24-22-20-18-16-14-12-10-8-6-4-2/h6,8,12,14,18,20,24,26,30,36,41,43,47,49,66-68,70-73,75-76,78-80H,3-5,7,9-11,13,15-17,19,21-23,25,27-29,31-35,37-40,42,44-46,48,50-65H2,1-2H3,(H,74,77)/b8-6-,14-12-,20-18-,26-24-,36-30-,43-41-,49-47-. The molecule has 6 N–H and O–H groups in total. The van der Waals surface area contributed by atoms with Crippen molar-refractivity contribution in [3.8, 4) is 0 Å². The largest absolute Gasteiger partial charge is 0.394 e. The SMILES string of the molecule is CC/C=C\C/C=C\C/C=C\C/C=C\C/C=C\C/C=C\C/C=C\CCCCCCCC(=O)NC(COC1OC(CO)C(O)C(O)C1O)C(O)CCCCCCCCCCCCCCCCCCCCCCCCCCCCCCCCCC. The molecular formula is C73H131NO8. The Morgan fingerprint density at radius 3 is 1.12 bits per heavy atom. The number of ether oxygens (including phenoxy) is 2. The van der Waals surface area contributed by atoms with Crippen LogP contribution in [0.25, 0.3) is 0 Å². The van der Waals surface area contributed by atoms with Crippen LogP contribution in [0.5, 0.6) is 0 Å². The highest BCUT2D eigenvalue weighted by molar-refractivity contribution is 5.76. The van der Waals surface area contributed by atoms with Crippen LogP contribution in [0.4, 0.5) is 0 Å². The van der Waals surface area contributed by atoms with Crippen molar-refractivity contribution in [1.29, 1.82) is 0 Å². The lowest BCUT2D eigenvalue weighted by molar-refractivity contribution is -0.302. The van der Waals surface area contributed by atoms with Crippen LogP contribution in [0.1, 0.15) is 316 Å². The molecule has 0 aromatic rings. The quantitative estimate of drug-likeness (QED) is 0.0261. The van der Waals surface area contributed by atoms with Crippen molar-refractivity contribution in [2.75, 3.05) is 13.2 Å². The Kier molecular flexibility index (Phi) is 58.0. The third-order valence-electron chi connectivity index (χ3n) is 16.3. The second-order valence-electron chi connectivity index (χ2n) is 23.9. The molecular weight excluding hydrogens is 1020 g/mol. The highest BCUT2D eigenvalue weighted by Crippen LogP contribution is 2.24. The van der Waals surface area contributed by atoms with Gasteiger partial charge in [-0.1, -0.05) is 324 Å². The maximum absolute atomic E-state index is 13.1. The Bertz CT molecular complexity index is 1570. The Hall–Kier alpha value is -2.63. The van der Waals surface area contributed by atoms with Gasteiger partial charge in [0.25, 0.3) is 0 Å². The molecule has 0 aromatic heterocycles. The number of carbonyl (C=O) groups excluding carboxylic acids is 1. The van der Waals surface area contributed by atoms with E-state index >= 15 is 0 Å². The molecule has 0 radical (unpaired) electrons. The molecule has 9 nitrogen and oxygen atoms in total. The lowest BCUT2D eigenvalue weighted by Crippen LogP contribution is -2.60. The number of amides is 1. The van der Waals surface area contributed by atoms with E-state index in [0.29, 0.717) is 12.8 Å². The fourth-order valence-corrected chi connectivity index (χ4v) is 10.9. The molecule has 0 bridgehead atoms. The number of unbranched alkanes of at least 4 members (excludes halogenated alkanes) is 36. The van der Waals surface area contributed by atoms with Gasteiger partial charge in [0, 0.05) is 6.42 Å². The number of aliphatic hydroxyl groups excluding tert-OH is 5. The highest BCUT2D eigenvalue weighted by Gasteiger charge is 2.44. The lowest BCUT2D eigenvalue weighted by atomic mass is 9.99. The van der Waals surface area contributed by atoms with E-state index in [1.54, 1.807) is 0 Å². The summed E-state index contributed by atoms with van der Waals surface area (Å²) in [5.74, 6) is -0.162. The molecule has 1 heterocycles. The summed E-state index contributed by atoms with van der Waals surface area (Å²) in [5, 5.41) is 54.9. The van der Waals surface area contributed by atoms with Crippen molar-refractivity contribution in [3.05, 3.63) is 85.1 Å². The van der Waals surface area contributed by atoms with Crippen molar-refractivity contribution < 1.29 is 39.8 Å². The summed E-state index contributed by atoms with van der Waals surface area (Å²) in [6.45, 7) is 3.74. The fourth-order valence-electron chi connectivity index (χ4n) is 10.9. The summed E-state index contributed by atoms with van der Waals surface area (Å²) < 4.78 is 11.4. The maximum atomic E-state index is 13.1. The first-order valence-electron chi connectivity index (χ1n) is 34.8. The van der Waals surface area contributed by atoms with Crippen LogP contribution >= 0.6 is 0 Å². The molecule has 7 unspecified atom stereocenters. The van der Waals surface area contributed by atoms with Crippen LogP contribution in [0, 0.1) is 0 Å². The van der Waals surface area contributed by atoms with Crippen LogP contribution in [0.15, 0.2) is 85.1 Å². The molecule has 0 aromatic carbocycles. The van der Waals surface area contributed by atoms with Gasteiger partial charge in [-0.2, -0.15) is 0 Å². The van der Waals surface area contributed by atoms with Gasteiger partial charge in [-0.15, -0.1) is 0 Å². The Balaban J connectivity index is 2.15. The first kappa shape index (κ1) is 77.4. The van der Waals surface area contributed by atoms with Gasteiger partial charge >= 0.3 is 0 Å². The average Bonchev–Trinajstić information content (AvgIpc) is 3.53. The van der Waals surface area contributed by atoms with Gasteiger partial charge in [0.1, 0.15) is 24.4 Å². The second-order valence-corrected chi connectivity index (χ2v) is 23.9. The topological polar surface area (TPSA) is 149 Å². The Morgan fingerprint density at radius 2 is 0.756 bits per heavy atom. The first-order valence-corrected chi connectivity index (χ1v) is 34.8. The maximum Gasteiger partial charge on any atom is 0.220 e. The smallest absolute Gasteiger partial charge is 0.220 e. The second kappa shape index (κ2) is 61.5. The van der Waals surface area contributed by atoms with Crippen molar-refractivity contribution in [2.24, 2.45) is 0 Å². The predicted molar refractivity (Wildman–Crippen MR) is 350 cm³/mol. The molecule has 1 rings (SSSR count). The zero-order valence-corrected chi connectivity index (χ0v) is 53.2. The average molecular weight is 1150 g/mol. The zero-order valence-electron chi connectivity index (χ0n) is 53.2. The normalized spacial score (nSPS) is 18.8. The molecule has 82 heavy (non-hydrogen) atoms. The number of nitrogens with one attached hydrogen (secondary N) is 1. The highest BCUT2D eigenvalue weighted by atomic mass is 16.7. The Morgan fingerprint density at radius 1 is 0.427 bits per heavy atom. The Labute approximate surface area is 505 Å². The van der Waals surface area contributed by atoms with Crippen LogP contribution in [0.2, 0.25) is 0 Å². The summed E-state index contributed by atoms with van der Waals surface area (Å²) in [6.07, 6.45) is 80.7. The van der Waals surface area contributed by atoms with Crippen molar-refractivity contribution in [3.63, 3.8) is 0 Å². The molecule has 0 spiro atoms. The van der Waals surface area contributed by atoms with Crippen LogP contribution in [0.3, 0.4) is 0 Å². The van der Waals surface area contributed by atoms with Crippen LogP contribution in [-0.2, 0) is 14.3 Å². The van der Waals surface area contributed by atoms with E-state index < -0.39 is 49.5 Å². The van der Waals surface area contributed by atoms with Crippen molar-refractivity contribution >= 4 is 5.91 Å². The molecule has 1 aliphatic rings. The molecule has 7 atom stereocenters. The lowest BCUT2D eigenvalue weighted by Gasteiger charge is -2.40. The fraction of sp³-hybridized carbons (Fsp3) is 0.795. The molecule has 476 valence electrons. The van der Waals surface area contributed by atoms with Crippen LogP contribution < -0.4 is 5.32 Å². The number of hydrogen-bond acceptors (Lipinski definition) is 8. The van der Waals surface area contributed by atoms with Crippen molar-refractivity contribution in [1.82, 2.24) is 5.32 Å². The summed E-state index contributed by atoms with van der Waals surface area (Å²) in [6, 6.07) is -0.738. The van der Waals surface area contributed by atoms with E-state index in [4.69, 9.17) is 9.47 Å². The summed E-state index contributed by atoms with van der Waals surface area (Å²) in [7, 11) is 0. The van der Waals surface area contributed by atoms with Gasteiger partial charge in [0.15, 0.2) is 6.29 Å². The van der Waals surface area contributed by atoms with Gasteiger partial charge in [-0.05, 0) is 70.6 Å². The third-order valence-corrected chi connectivity index (χ3v) is 16.3. The van der Waals surface area contributed by atoms with Crippen LogP contribution in [-0.4, -0.2) is 87.5 Å². The number of aliphatic hydroxyl groups is 5. The molecule has 1 saturated heterocycles. The third kappa shape index (κ3) is 49.6. The minimum absolute atomic E-state index is 0.150. The number of carbonyl (C=O) groups is 1. The summed E-state index contributed by atoms with van der Waals surface area (Å²) in [5.41, 5.74) is 0.